The first-order valence-electron chi connectivity index (χ1n) is 6.51. The molecular formula is C14H15N5O2. The van der Waals surface area contributed by atoms with Crippen molar-refractivity contribution >= 4 is 17.3 Å². The lowest BCUT2D eigenvalue weighted by Crippen LogP contribution is -2.12. The SMILES string of the molecule is N=C(c1ccc2c(c1)OCCCO2)c1c(N)ncnc1N. The van der Waals surface area contributed by atoms with Crippen LogP contribution in [0.15, 0.2) is 24.5 Å². The van der Waals surface area contributed by atoms with E-state index in [2.05, 4.69) is 9.97 Å². The van der Waals surface area contributed by atoms with Crippen molar-refractivity contribution in [2.24, 2.45) is 0 Å². The molecular weight excluding hydrogens is 270 g/mol. The fourth-order valence-electron chi connectivity index (χ4n) is 2.13. The van der Waals surface area contributed by atoms with Crippen LogP contribution in [0.2, 0.25) is 0 Å². The van der Waals surface area contributed by atoms with E-state index in [0.717, 1.165) is 6.42 Å². The van der Waals surface area contributed by atoms with E-state index < -0.39 is 0 Å². The number of rotatable bonds is 2. The molecule has 21 heavy (non-hydrogen) atoms. The number of aromatic nitrogens is 2. The number of hydrogen-bond acceptors (Lipinski definition) is 7. The molecule has 5 N–H and O–H groups in total. The van der Waals surface area contributed by atoms with E-state index in [9.17, 15) is 0 Å². The van der Waals surface area contributed by atoms with Crippen LogP contribution < -0.4 is 20.9 Å². The van der Waals surface area contributed by atoms with E-state index in [1.54, 1.807) is 18.2 Å². The summed E-state index contributed by atoms with van der Waals surface area (Å²) >= 11 is 0. The van der Waals surface area contributed by atoms with Crippen LogP contribution in [0.5, 0.6) is 11.5 Å². The molecule has 0 atom stereocenters. The molecule has 0 spiro atoms. The maximum absolute atomic E-state index is 8.29. The number of nitrogens with two attached hydrogens (primary N) is 2. The molecule has 3 rings (SSSR count). The summed E-state index contributed by atoms with van der Waals surface area (Å²) in [5.41, 5.74) is 12.7. The summed E-state index contributed by atoms with van der Waals surface area (Å²) in [7, 11) is 0. The lowest BCUT2D eigenvalue weighted by Gasteiger charge is -2.12. The second-order valence-corrected chi connectivity index (χ2v) is 4.61. The van der Waals surface area contributed by atoms with E-state index in [-0.39, 0.29) is 17.3 Å². The van der Waals surface area contributed by atoms with Gasteiger partial charge in [0.15, 0.2) is 11.5 Å². The molecule has 2 heterocycles. The van der Waals surface area contributed by atoms with E-state index in [0.29, 0.717) is 35.8 Å². The van der Waals surface area contributed by atoms with Crippen LogP contribution in [0, 0.1) is 5.41 Å². The number of nitrogens with zero attached hydrogens (tertiary/aromatic N) is 2. The summed E-state index contributed by atoms with van der Waals surface area (Å²) in [6.07, 6.45) is 2.10. The summed E-state index contributed by atoms with van der Waals surface area (Å²) in [6, 6.07) is 5.29. The highest BCUT2D eigenvalue weighted by molar-refractivity contribution is 6.16. The summed E-state index contributed by atoms with van der Waals surface area (Å²) < 4.78 is 11.2. The first-order chi connectivity index (χ1) is 10.2. The average molecular weight is 285 g/mol. The molecule has 0 aliphatic carbocycles. The zero-order valence-corrected chi connectivity index (χ0v) is 11.3. The van der Waals surface area contributed by atoms with Gasteiger partial charge in [0.25, 0.3) is 0 Å². The smallest absolute Gasteiger partial charge is 0.161 e. The van der Waals surface area contributed by atoms with Gasteiger partial charge in [-0.15, -0.1) is 0 Å². The molecule has 1 aromatic carbocycles. The molecule has 7 nitrogen and oxygen atoms in total. The van der Waals surface area contributed by atoms with E-state index in [4.69, 9.17) is 26.4 Å². The quantitative estimate of drug-likeness (QED) is 0.713. The number of fused-ring (bicyclic) bond motifs is 1. The van der Waals surface area contributed by atoms with Gasteiger partial charge in [0, 0.05) is 12.0 Å². The fourth-order valence-corrected chi connectivity index (χ4v) is 2.13. The van der Waals surface area contributed by atoms with Gasteiger partial charge in [0.1, 0.15) is 18.0 Å². The minimum absolute atomic E-state index is 0.154. The molecule has 0 unspecified atom stereocenters. The van der Waals surface area contributed by atoms with Crippen molar-refractivity contribution in [1.29, 1.82) is 5.41 Å². The van der Waals surface area contributed by atoms with Gasteiger partial charge in [-0.3, -0.25) is 5.41 Å². The van der Waals surface area contributed by atoms with Crippen molar-refractivity contribution in [3.8, 4) is 11.5 Å². The second kappa shape index (κ2) is 5.28. The number of hydrogen-bond donors (Lipinski definition) is 3. The highest BCUT2D eigenvalue weighted by atomic mass is 16.5. The minimum Gasteiger partial charge on any atom is -0.490 e. The molecule has 2 aromatic rings. The Kier molecular flexibility index (Phi) is 3.31. The van der Waals surface area contributed by atoms with Crippen LogP contribution in [0.3, 0.4) is 0 Å². The lowest BCUT2D eigenvalue weighted by atomic mass is 10.0. The van der Waals surface area contributed by atoms with Crippen LogP contribution >= 0.6 is 0 Å². The van der Waals surface area contributed by atoms with Crippen molar-refractivity contribution in [2.45, 2.75) is 6.42 Å². The van der Waals surface area contributed by atoms with Crippen molar-refractivity contribution < 1.29 is 9.47 Å². The summed E-state index contributed by atoms with van der Waals surface area (Å²) in [6.45, 7) is 1.21. The fraction of sp³-hybridized carbons (Fsp3) is 0.214. The Bertz CT molecular complexity index is 682. The topological polar surface area (TPSA) is 120 Å². The first-order valence-corrected chi connectivity index (χ1v) is 6.51. The Morgan fingerprint density at radius 3 is 2.43 bits per heavy atom. The molecule has 1 aromatic heterocycles. The van der Waals surface area contributed by atoms with Gasteiger partial charge in [-0.2, -0.15) is 0 Å². The summed E-state index contributed by atoms with van der Waals surface area (Å²) in [5.74, 6) is 1.65. The third kappa shape index (κ3) is 2.45. The Balaban J connectivity index is 2.01. The Labute approximate surface area is 121 Å². The van der Waals surface area contributed by atoms with E-state index in [1.165, 1.54) is 6.33 Å². The Morgan fingerprint density at radius 2 is 1.71 bits per heavy atom. The maximum Gasteiger partial charge on any atom is 0.161 e. The largest absolute Gasteiger partial charge is 0.490 e. The van der Waals surface area contributed by atoms with Gasteiger partial charge in [-0.05, 0) is 18.2 Å². The number of anilines is 2. The lowest BCUT2D eigenvalue weighted by molar-refractivity contribution is 0.297. The molecule has 108 valence electrons. The van der Waals surface area contributed by atoms with Crippen molar-refractivity contribution in [1.82, 2.24) is 9.97 Å². The molecule has 0 saturated carbocycles. The number of nitrogens with one attached hydrogen (secondary N) is 1. The van der Waals surface area contributed by atoms with Crippen molar-refractivity contribution in [3.05, 3.63) is 35.7 Å². The van der Waals surface area contributed by atoms with Crippen molar-refractivity contribution in [3.63, 3.8) is 0 Å². The van der Waals surface area contributed by atoms with Gasteiger partial charge in [0.05, 0.1) is 24.5 Å². The third-order valence-corrected chi connectivity index (χ3v) is 3.19. The predicted octanol–water partition coefficient (Wildman–Crippen LogP) is 1.22. The van der Waals surface area contributed by atoms with Crippen LogP contribution in [0.4, 0.5) is 11.6 Å². The Morgan fingerprint density at radius 1 is 1.05 bits per heavy atom. The Hall–Kier alpha value is -2.83. The molecule has 1 aliphatic heterocycles. The number of nitrogen functional groups attached to an aromatic ring is 2. The molecule has 0 bridgehead atoms. The molecule has 1 aliphatic rings. The third-order valence-electron chi connectivity index (χ3n) is 3.19. The predicted molar refractivity (Wildman–Crippen MR) is 78.8 cm³/mol. The minimum atomic E-state index is 0.154. The van der Waals surface area contributed by atoms with Gasteiger partial charge < -0.3 is 20.9 Å². The summed E-state index contributed by atoms with van der Waals surface area (Å²) in [4.78, 5) is 7.76. The first kappa shape index (κ1) is 13.2. The molecule has 0 amide bonds. The zero-order valence-electron chi connectivity index (χ0n) is 11.3. The van der Waals surface area contributed by atoms with Crippen LogP contribution in [-0.2, 0) is 0 Å². The van der Waals surface area contributed by atoms with Gasteiger partial charge in [0.2, 0.25) is 0 Å². The average Bonchev–Trinajstić information content (AvgIpc) is 2.71. The van der Waals surface area contributed by atoms with Gasteiger partial charge >= 0.3 is 0 Å². The highest BCUT2D eigenvalue weighted by Crippen LogP contribution is 2.31. The maximum atomic E-state index is 8.29. The van der Waals surface area contributed by atoms with Crippen LogP contribution in [0.25, 0.3) is 0 Å². The number of ether oxygens (including phenoxy) is 2. The van der Waals surface area contributed by atoms with Crippen molar-refractivity contribution in [2.75, 3.05) is 24.7 Å². The van der Waals surface area contributed by atoms with E-state index in [1.807, 2.05) is 0 Å². The molecule has 0 fully saturated rings. The second-order valence-electron chi connectivity index (χ2n) is 4.61. The highest BCUT2D eigenvalue weighted by Gasteiger charge is 2.17. The summed E-state index contributed by atoms with van der Waals surface area (Å²) in [5, 5.41) is 8.29. The van der Waals surface area contributed by atoms with Gasteiger partial charge in [-0.25, -0.2) is 9.97 Å². The normalized spacial score (nSPS) is 13.5. The molecule has 0 radical (unpaired) electrons. The van der Waals surface area contributed by atoms with Crippen LogP contribution in [0.1, 0.15) is 17.5 Å². The van der Waals surface area contributed by atoms with E-state index >= 15 is 0 Å². The zero-order chi connectivity index (χ0) is 14.8. The van der Waals surface area contributed by atoms with Gasteiger partial charge in [-0.1, -0.05) is 0 Å². The monoisotopic (exact) mass is 285 g/mol. The number of benzene rings is 1. The molecule has 7 heteroatoms. The molecule has 0 saturated heterocycles. The van der Waals surface area contributed by atoms with Crippen LogP contribution in [-0.4, -0.2) is 28.9 Å². The standard InChI is InChI=1S/C14H15N5O2/c15-12(11-13(16)18-7-19-14(11)17)8-2-3-9-10(6-8)21-5-1-4-20-9/h2-3,6-7,15H,1,4-5H2,(H4,16,17,18,19).